The van der Waals surface area contributed by atoms with Crippen LogP contribution in [0.3, 0.4) is 0 Å². The first-order valence-corrected chi connectivity index (χ1v) is 6.06. The van der Waals surface area contributed by atoms with Crippen molar-refractivity contribution < 1.29 is 17.6 Å². The minimum Gasteiger partial charge on any atom is -0.241 e. The molecule has 0 aliphatic heterocycles. The predicted octanol–water partition coefficient (Wildman–Crippen LogP) is 2.91. The Balaban J connectivity index is 2.17. The molecule has 0 unspecified atom stereocenters. The maximum atomic E-state index is 13.7. The lowest BCUT2D eigenvalue weighted by Gasteiger charge is -2.06. The van der Waals surface area contributed by atoms with Crippen LogP contribution in [0.5, 0.6) is 0 Å². The van der Waals surface area contributed by atoms with E-state index in [2.05, 4.69) is 10.1 Å². The van der Waals surface area contributed by atoms with Crippen LogP contribution in [0.1, 0.15) is 11.3 Å². The van der Waals surface area contributed by atoms with Crippen LogP contribution in [0.25, 0.3) is 11.0 Å². The summed E-state index contributed by atoms with van der Waals surface area (Å²) >= 11 is 0. The van der Waals surface area contributed by atoms with Gasteiger partial charge in [-0.3, -0.25) is 0 Å². The molecule has 110 valence electrons. The number of aromatic nitrogens is 3. The van der Waals surface area contributed by atoms with Gasteiger partial charge in [0.1, 0.15) is 17.7 Å². The fourth-order valence-electron chi connectivity index (χ4n) is 2.09. The Morgan fingerprint density at radius 3 is 2.59 bits per heavy atom. The second-order valence-electron chi connectivity index (χ2n) is 4.46. The van der Waals surface area contributed by atoms with Gasteiger partial charge in [0.25, 0.3) is 0 Å². The summed E-state index contributed by atoms with van der Waals surface area (Å²) in [5, 5.41) is 12.9. The molecule has 0 atom stereocenters. The van der Waals surface area contributed by atoms with Gasteiger partial charge in [0.15, 0.2) is 23.0 Å². The molecule has 2 heterocycles. The zero-order valence-electron chi connectivity index (χ0n) is 10.8. The van der Waals surface area contributed by atoms with Gasteiger partial charge in [-0.1, -0.05) is 0 Å². The molecular formula is C14H6F4N4. The predicted molar refractivity (Wildman–Crippen MR) is 67.6 cm³/mol. The van der Waals surface area contributed by atoms with Crippen molar-refractivity contribution in [2.45, 2.75) is 6.54 Å². The number of pyridine rings is 1. The first kappa shape index (κ1) is 14.0. The molecule has 3 rings (SSSR count). The summed E-state index contributed by atoms with van der Waals surface area (Å²) in [5.74, 6) is -4.17. The summed E-state index contributed by atoms with van der Waals surface area (Å²) in [6.07, 6.45) is 0.889. The van der Waals surface area contributed by atoms with Crippen LogP contribution in [0.4, 0.5) is 17.6 Å². The Kier molecular flexibility index (Phi) is 3.25. The molecule has 0 fully saturated rings. The quantitative estimate of drug-likeness (QED) is 0.540. The standard InChI is InChI=1S/C14H6F4N4/c15-7-3-8-12(4-19)21-22(14(8)20-5-7)6-9-10(16)1-2-11(17)13(9)18/h1-3,5H,6H2. The summed E-state index contributed by atoms with van der Waals surface area (Å²) in [6.45, 7) is -0.480. The van der Waals surface area contributed by atoms with Crippen molar-refractivity contribution in [3.8, 4) is 6.07 Å². The zero-order valence-corrected chi connectivity index (χ0v) is 10.8. The molecule has 0 bridgehead atoms. The minimum atomic E-state index is -1.34. The molecule has 0 spiro atoms. The summed E-state index contributed by atoms with van der Waals surface area (Å²) in [6, 6.07) is 4.25. The Hall–Kier alpha value is -2.95. The van der Waals surface area contributed by atoms with Gasteiger partial charge >= 0.3 is 0 Å². The number of rotatable bonds is 2. The zero-order chi connectivity index (χ0) is 15.9. The highest BCUT2D eigenvalue weighted by Crippen LogP contribution is 2.21. The Bertz CT molecular complexity index is 927. The topological polar surface area (TPSA) is 54.5 Å². The van der Waals surface area contributed by atoms with Crippen LogP contribution in [-0.2, 0) is 6.54 Å². The first-order valence-electron chi connectivity index (χ1n) is 6.06. The molecule has 0 saturated carbocycles. The maximum absolute atomic E-state index is 13.7. The third-order valence-corrected chi connectivity index (χ3v) is 3.11. The molecule has 8 heteroatoms. The molecule has 0 saturated heterocycles. The van der Waals surface area contributed by atoms with Gasteiger partial charge in [0.05, 0.1) is 18.1 Å². The molecule has 4 nitrogen and oxygen atoms in total. The van der Waals surface area contributed by atoms with Crippen LogP contribution >= 0.6 is 0 Å². The lowest BCUT2D eigenvalue weighted by atomic mass is 10.2. The number of fused-ring (bicyclic) bond motifs is 1. The fraction of sp³-hybridized carbons (Fsp3) is 0.0714. The van der Waals surface area contributed by atoms with Gasteiger partial charge in [-0.2, -0.15) is 10.4 Å². The highest BCUT2D eigenvalue weighted by atomic mass is 19.2. The number of nitriles is 1. The van der Waals surface area contributed by atoms with Crippen molar-refractivity contribution >= 4 is 11.0 Å². The van der Waals surface area contributed by atoms with E-state index in [1.165, 1.54) is 0 Å². The molecule has 3 aromatic rings. The van der Waals surface area contributed by atoms with Crippen molar-refractivity contribution in [1.29, 1.82) is 5.26 Å². The van der Waals surface area contributed by atoms with Gasteiger partial charge < -0.3 is 0 Å². The summed E-state index contributed by atoms with van der Waals surface area (Å²) < 4.78 is 54.8. The first-order chi connectivity index (χ1) is 10.5. The highest BCUT2D eigenvalue weighted by molar-refractivity contribution is 5.80. The molecule has 22 heavy (non-hydrogen) atoms. The number of halogens is 4. The number of nitrogens with zero attached hydrogens (tertiary/aromatic N) is 4. The SMILES string of the molecule is N#Cc1nn(Cc2c(F)ccc(F)c2F)c2ncc(F)cc12. The minimum absolute atomic E-state index is 0.0704. The largest absolute Gasteiger partial charge is 0.241 e. The van der Waals surface area contributed by atoms with Crippen molar-refractivity contribution in [2.75, 3.05) is 0 Å². The van der Waals surface area contributed by atoms with Crippen molar-refractivity contribution in [1.82, 2.24) is 14.8 Å². The van der Waals surface area contributed by atoms with Crippen LogP contribution in [0, 0.1) is 34.6 Å². The van der Waals surface area contributed by atoms with Crippen molar-refractivity contribution in [3.63, 3.8) is 0 Å². The van der Waals surface area contributed by atoms with E-state index < -0.39 is 35.4 Å². The van der Waals surface area contributed by atoms with E-state index in [-0.39, 0.29) is 16.7 Å². The number of benzene rings is 1. The average Bonchev–Trinajstić information content (AvgIpc) is 2.84. The second-order valence-corrected chi connectivity index (χ2v) is 4.46. The second kappa shape index (κ2) is 5.11. The van der Waals surface area contributed by atoms with E-state index in [0.29, 0.717) is 6.07 Å². The lowest BCUT2D eigenvalue weighted by Crippen LogP contribution is -2.08. The monoisotopic (exact) mass is 306 g/mol. The molecule has 1 aromatic carbocycles. The van der Waals surface area contributed by atoms with E-state index >= 15 is 0 Å². The molecule has 2 aromatic heterocycles. The summed E-state index contributed by atoms with van der Waals surface area (Å²) in [5.41, 5.74) is -0.625. The third-order valence-electron chi connectivity index (χ3n) is 3.11. The normalized spacial score (nSPS) is 10.9. The molecular weight excluding hydrogens is 300 g/mol. The van der Waals surface area contributed by atoms with Gasteiger partial charge in [0.2, 0.25) is 0 Å². The van der Waals surface area contributed by atoms with Crippen LogP contribution in [0.2, 0.25) is 0 Å². The Labute approximate surface area is 121 Å². The summed E-state index contributed by atoms with van der Waals surface area (Å²) in [7, 11) is 0. The average molecular weight is 306 g/mol. The fourth-order valence-corrected chi connectivity index (χ4v) is 2.09. The van der Waals surface area contributed by atoms with Crippen molar-refractivity contribution in [2.24, 2.45) is 0 Å². The molecule has 0 radical (unpaired) electrons. The van der Waals surface area contributed by atoms with Crippen molar-refractivity contribution in [3.05, 3.63) is 58.9 Å². The number of hydrogen-bond donors (Lipinski definition) is 0. The van der Waals surface area contributed by atoms with E-state index in [1.807, 2.05) is 0 Å². The van der Waals surface area contributed by atoms with Gasteiger partial charge in [-0.25, -0.2) is 27.2 Å². The van der Waals surface area contributed by atoms with E-state index in [0.717, 1.165) is 23.0 Å². The Morgan fingerprint density at radius 2 is 1.86 bits per heavy atom. The van der Waals surface area contributed by atoms with Crippen LogP contribution in [0.15, 0.2) is 24.4 Å². The van der Waals surface area contributed by atoms with E-state index in [4.69, 9.17) is 5.26 Å². The highest BCUT2D eigenvalue weighted by Gasteiger charge is 2.18. The van der Waals surface area contributed by atoms with E-state index in [1.54, 1.807) is 6.07 Å². The van der Waals surface area contributed by atoms with Crippen LogP contribution in [-0.4, -0.2) is 14.8 Å². The molecule has 0 aliphatic carbocycles. The maximum Gasteiger partial charge on any atom is 0.172 e. The van der Waals surface area contributed by atoms with Crippen LogP contribution < -0.4 is 0 Å². The lowest BCUT2D eigenvalue weighted by molar-refractivity contribution is 0.471. The smallest absolute Gasteiger partial charge is 0.172 e. The third kappa shape index (κ3) is 2.16. The van der Waals surface area contributed by atoms with Gasteiger partial charge in [-0.15, -0.1) is 0 Å². The summed E-state index contributed by atoms with van der Waals surface area (Å²) in [4.78, 5) is 3.76. The molecule has 0 amide bonds. The molecule has 0 N–H and O–H groups in total. The van der Waals surface area contributed by atoms with E-state index in [9.17, 15) is 17.6 Å². The Morgan fingerprint density at radius 1 is 1.14 bits per heavy atom. The van der Waals surface area contributed by atoms with Gasteiger partial charge in [0, 0.05) is 5.56 Å². The van der Waals surface area contributed by atoms with Gasteiger partial charge in [-0.05, 0) is 18.2 Å². The molecule has 0 aliphatic rings. The number of hydrogen-bond acceptors (Lipinski definition) is 3.